The molecule has 0 spiro atoms. The van der Waals surface area contributed by atoms with Gasteiger partial charge in [0, 0.05) is 18.7 Å². The smallest absolute Gasteiger partial charge is 0.226 e. The molecule has 0 radical (unpaired) electrons. The Morgan fingerprint density at radius 3 is 2.72 bits per heavy atom. The zero-order valence-corrected chi connectivity index (χ0v) is 15.1. The van der Waals surface area contributed by atoms with Crippen molar-refractivity contribution < 1.29 is 13.6 Å². The third-order valence-electron chi connectivity index (χ3n) is 3.66. The Morgan fingerprint density at radius 2 is 2.04 bits per heavy atom. The minimum absolute atomic E-state index is 0. The molecule has 1 amide bonds. The van der Waals surface area contributed by atoms with Crippen LogP contribution in [0.4, 0.5) is 4.39 Å². The Kier molecular flexibility index (Phi) is 8.61. The largest absolute Gasteiger partial charge is 0.444 e. The van der Waals surface area contributed by atoms with Crippen LogP contribution in [0.25, 0.3) is 11.5 Å². The third-order valence-corrected chi connectivity index (χ3v) is 3.66. The standard InChI is InChI=1S/C17H18FN3O2.2ClH/c18-14-3-1-13(2-4-14)17-21-15(11-23-17)9-16(22)20-10-12-5-7-19-8-6-12;;/h1-5,11,19H,6-10H2,(H,20,22);2*1H. The highest BCUT2D eigenvalue weighted by Gasteiger charge is 2.11. The number of nitrogens with zero attached hydrogens (tertiary/aromatic N) is 1. The summed E-state index contributed by atoms with van der Waals surface area (Å²) in [6, 6.07) is 5.88. The van der Waals surface area contributed by atoms with E-state index >= 15 is 0 Å². The Hall–Kier alpha value is -1.89. The van der Waals surface area contributed by atoms with E-state index in [4.69, 9.17) is 4.42 Å². The summed E-state index contributed by atoms with van der Waals surface area (Å²) in [6.45, 7) is 2.38. The number of hydrogen-bond acceptors (Lipinski definition) is 4. The fourth-order valence-corrected chi connectivity index (χ4v) is 2.38. The van der Waals surface area contributed by atoms with Crippen LogP contribution in [0.3, 0.4) is 0 Å². The van der Waals surface area contributed by atoms with Crippen molar-refractivity contribution in [2.75, 3.05) is 19.6 Å². The maximum absolute atomic E-state index is 12.9. The molecule has 0 aliphatic carbocycles. The van der Waals surface area contributed by atoms with Crippen LogP contribution in [0.15, 0.2) is 46.6 Å². The zero-order chi connectivity index (χ0) is 16.1. The lowest BCUT2D eigenvalue weighted by Crippen LogP contribution is -2.30. The second-order valence-electron chi connectivity index (χ2n) is 5.42. The zero-order valence-electron chi connectivity index (χ0n) is 13.5. The van der Waals surface area contributed by atoms with Crippen LogP contribution in [0.1, 0.15) is 12.1 Å². The molecule has 0 atom stereocenters. The first-order chi connectivity index (χ1) is 11.2. The number of rotatable bonds is 5. The summed E-state index contributed by atoms with van der Waals surface area (Å²) in [6.07, 6.45) is 4.68. The SMILES string of the molecule is Cl.Cl.O=C(Cc1coc(-c2ccc(F)cc2)n1)NCC1=CCNCC1. The maximum Gasteiger partial charge on any atom is 0.226 e. The number of amides is 1. The van der Waals surface area contributed by atoms with Gasteiger partial charge in [0.1, 0.15) is 12.1 Å². The van der Waals surface area contributed by atoms with E-state index in [0.717, 1.165) is 19.5 Å². The first kappa shape index (κ1) is 21.2. The van der Waals surface area contributed by atoms with E-state index in [-0.39, 0.29) is 43.0 Å². The molecule has 1 aliphatic rings. The van der Waals surface area contributed by atoms with Gasteiger partial charge >= 0.3 is 0 Å². The fourth-order valence-electron chi connectivity index (χ4n) is 2.38. The van der Waals surface area contributed by atoms with Crippen molar-refractivity contribution in [3.05, 3.63) is 53.7 Å². The van der Waals surface area contributed by atoms with Gasteiger partial charge in [-0.1, -0.05) is 11.6 Å². The lowest BCUT2D eigenvalue weighted by Gasteiger charge is -2.14. The summed E-state index contributed by atoms with van der Waals surface area (Å²) in [5.41, 5.74) is 2.48. The number of aromatic nitrogens is 1. The molecule has 1 aromatic carbocycles. The predicted molar refractivity (Wildman–Crippen MR) is 98.7 cm³/mol. The van der Waals surface area contributed by atoms with E-state index in [0.29, 0.717) is 23.7 Å². The molecule has 2 heterocycles. The number of benzene rings is 1. The average Bonchev–Trinajstić information content (AvgIpc) is 3.03. The highest BCUT2D eigenvalue weighted by atomic mass is 35.5. The minimum Gasteiger partial charge on any atom is -0.444 e. The molecule has 5 nitrogen and oxygen atoms in total. The van der Waals surface area contributed by atoms with Crippen LogP contribution in [0.5, 0.6) is 0 Å². The summed E-state index contributed by atoms with van der Waals surface area (Å²) in [4.78, 5) is 16.2. The number of carbonyl (C=O) groups is 1. The van der Waals surface area contributed by atoms with Gasteiger partial charge < -0.3 is 15.1 Å². The molecule has 2 aromatic rings. The van der Waals surface area contributed by atoms with E-state index in [1.807, 2.05) is 0 Å². The summed E-state index contributed by atoms with van der Waals surface area (Å²) in [5.74, 6) is -0.0237. The van der Waals surface area contributed by atoms with Crippen molar-refractivity contribution in [2.45, 2.75) is 12.8 Å². The third kappa shape index (κ3) is 6.16. The monoisotopic (exact) mass is 387 g/mol. The van der Waals surface area contributed by atoms with Crippen molar-refractivity contribution >= 4 is 30.7 Å². The van der Waals surface area contributed by atoms with Gasteiger partial charge in [0.15, 0.2) is 0 Å². The quantitative estimate of drug-likeness (QED) is 0.774. The molecular weight excluding hydrogens is 368 g/mol. The van der Waals surface area contributed by atoms with Crippen molar-refractivity contribution in [3.63, 3.8) is 0 Å². The Balaban J connectivity index is 0.00000156. The number of carbonyl (C=O) groups excluding carboxylic acids is 1. The van der Waals surface area contributed by atoms with Crippen LogP contribution < -0.4 is 10.6 Å². The van der Waals surface area contributed by atoms with Gasteiger partial charge in [0.2, 0.25) is 11.8 Å². The van der Waals surface area contributed by atoms with Crippen LogP contribution in [0.2, 0.25) is 0 Å². The van der Waals surface area contributed by atoms with Crippen molar-refractivity contribution in [1.29, 1.82) is 0 Å². The van der Waals surface area contributed by atoms with Gasteiger partial charge in [-0.05, 0) is 37.2 Å². The predicted octanol–water partition coefficient (Wildman–Crippen LogP) is 2.90. The molecule has 25 heavy (non-hydrogen) atoms. The van der Waals surface area contributed by atoms with Gasteiger partial charge in [0.05, 0.1) is 12.1 Å². The molecule has 2 N–H and O–H groups in total. The van der Waals surface area contributed by atoms with Crippen LogP contribution in [0, 0.1) is 5.82 Å². The Morgan fingerprint density at radius 1 is 1.28 bits per heavy atom. The summed E-state index contributed by atoms with van der Waals surface area (Å²) in [5, 5.41) is 6.12. The first-order valence-corrected chi connectivity index (χ1v) is 7.56. The Labute approximate surface area is 157 Å². The fraction of sp³-hybridized carbons (Fsp3) is 0.294. The Bertz CT molecular complexity index is 717. The van der Waals surface area contributed by atoms with E-state index in [2.05, 4.69) is 21.7 Å². The summed E-state index contributed by atoms with van der Waals surface area (Å²) in [7, 11) is 0. The van der Waals surface area contributed by atoms with E-state index in [1.165, 1.54) is 24.0 Å². The number of oxazole rings is 1. The summed E-state index contributed by atoms with van der Waals surface area (Å²) < 4.78 is 18.3. The van der Waals surface area contributed by atoms with Crippen LogP contribution in [-0.4, -0.2) is 30.5 Å². The van der Waals surface area contributed by atoms with Crippen molar-refractivity contribution in [2.24, 2.45) is 0 Å². The maximum atomic E-state index is 12.9. The normalized spacial score (nSPS) is 13.2. The second-order valence-corrected chi connectivity index (χ2v) is 5.42. The molecule has 8 heteroatoms. The molecule has 0 saturated carbocycles. The van der Waals surface area contributed by atoms with E-state index in [1.54, 1.807) is 12.1 Å². The lowest BCUT2D eigenvalue weighted by atomic mass is 10.1. The minimum atomic E-state index is -0.313. The molecule has 1 aromatic heterocycles. The van der Waals surface area contributed by atoms with Crippen LogP contribution >= 0.6 is 24.8 Å². The van der Waals surface area contributed by atoms with Gasteiger partial charge in [-0.2, -0.15) is 0 Å². The number of nitrogens with one attached hydrogen (secondary N) is 2. The lowest BCUT2D eigenvalue weighted by molar-refractivity contribution is -0.120. The molecule has 3 rings (SSSR count). The van der Waals surface area contributed by atoms with Crippen LogP contribution in [-0.2, 0) is 11.2 Å². The van der Waals surface area contributed by atoms with Crippen molar-refractivity contribution in [3.8, 4) is 11.5 Å². The molecular formula is C17H20Cl2FN3O2. The number of hydrogen-bond donors (Lipinski definition) is 2. The topological polar surface area (TPSA) is 67.2 Å². The molecule has 0 bridgehead atoms. The number of halogens is 3. The second kappa shape index (κ2) is 10.2. The van der Waals surface area contributed by atoms with E-state index in [9.17, 15) is 9.18 Å². The highest BCUT2D eigenvalue weighted by Crippen LogP contribution is 2.19. The molecule has 136 valence electrons. The van der Waals surface area contributed by atoms with Gasteiger partial charge in [-0.3, -0.25) is 4.79 Å². The van der Waals surface area contributed by atoms with Gasteiger partial charge in [-0.25, -0.2) is 9.37 Å². The highest BCUT2D eigenvalue weighted by molar-refractivity contribution is 5.85. The molecule has 0 saturated heterocycles. The summed E-state index contributed by atoms with van der Waals surface area (Å²) >= 11 is 0. The first-order valence-electron chi connectivity index (χ1n) is 7.56. The average molecular weight is 388 g/mol. The molecule has 1 aliphatic heterocycles. The molecule has 0 fully saturated rings. The van der Waals surface area contributed by atoms with Gasteiger partial charge in [-0.15, -0.1) is 24.8 Å². The van der Waals surface area contributed by atoms with E-state index < -0.39 is 0 Å². The molecule has 0 unspecified atom stereocenters. The van der Waals surface area contributed by atoms with Gasteiger partial charge in [0.25, 0.3) is 0 Å². The van der Waals surface area contributed by atoms with Crippen molar-refractivity contribution in [1.82, 2.24) is 15.6 Å².